The van der Waals surface area contributed by atoms with Gasteiger partial charge >= 0.3 is 0 Å². The fraction of sp³-hybridized carbons (Fsp3) is 0.269. The van der Waals surface area contributed by atoms with Gasteiger partial charge in [-0.15, -0.1) is 0 Å². The number of rotatable bonds is 7. The molecule has 0 heterocycles. The Hall–Kier alpha value is -2.83. The smallest absolute Gasteiger partial charge is 0.264 e. The molecule has 1 aliphatic carbocycles. The van der Waals surface area contributed by atoms with E-state index in [1.54, 1.807) is 12.1 Å². The van der Waals surface area contributed by atoms with E-state index in [1.165, 1.54) is 35.4 Å². The largest absolute Gasteiger partial charge is 0.348 e. The molecule has 0 bridgehead atoms. The molecule has 7 heteroatoms. The van der Waals surface area contributed by atoms with Gasteiger partial charge in [0.25, 0.3) is 10.0 Å². The van der Waals surface area contributed by atoms with Crippen molar-refractivity contribution >= 4 is 33.2 Å². The minimum Gasteiger partial charge on any atom is -0.348 e. The Morgan fingerprint density at radius 2 is 1.73 bits per heavy atom. The second-order valence-corrected chi connectivity index (χ2v) is 10.7. The van der Waals surface area contributed by atoms with Crippen LogP contribution in [0.4, 0.5) is 5.69 Å². The number of carbonyl (C=O) groups excluding carboxylic acids is 1. The third-order valence-corrected chi connectivity index (χ3v) is 8.10. The minimum atomic E-state index is -3.98. The lowest BCUT2D eigenvalue weighted by atomic mass is 10.0. The van der Waals surface area contributed by atoms with E-state index >= 15 is 0 Å². The number of sulfonamides is 1. The van der Waals surface area contributed by atoms with Crippen molar-refractivity contribution in [2.75, 3.05) is 10.8 Å². The number of halogens is 1. The Morgan fingerprint density at radius 1 is 1.03 bits per heavy atom. The Labute approximate surface area is 200 Å². The number of amides is 1. The first kappa shape index (κ1) is 23.3. The molecule has 3 aromatic rings. The first-order valence-electron chi connectivity index (χ1n) is 11.0. The summed E-state index contributed by atoms with van der Waals surface area (Å²) < 4.78 is 28.2. The molecule has 1 amide bonds. The van der Waals surface area contributed by atoms with Gasteiger partial charge in [-0.1, -0.05) is 48.0 Å². The van der Waals surface area contributed by atoms with Crippen LogP contribution in [0.25, 0.3) is 0 Å². The third kappa shape index (κ3) is 5.07. The van der Waals surface area contributed by atoms with Crippen molar-refractivity contribution in [3.8, 4) is 0 Å². The van der Waals surface area contributed by atoms with Gasteiger partial charge < -0.3 is 5.32 Å². The van der Waals surface area contributed by atoms with Crippen LogP contribution in [0.3, 0.4) is 0 Å². The zero-order chi connectivity index (χ0) is 23.6. The predicted molar refractivity (Wildman–Crippen MR) is 132 cm³/mol. The molecule has 0 aliphatic heterocycles. The van der Waals surface area contributed by atoms with Gasteiger partial charge in [0, 0.05) is 5.02 Å². The molecule has 4 rings (SSSR count). The van der Waals surface area contributed by atoms with E-state index in [0.717, 1.165) is 34.7 Å². The second kappa shape index (κ2) is 9.57. The number of carbonyl (C=O) groups is 1. The highest BCUT2D eigenvalue weighted by Gasteiger charge is 2.28. The van der Waals surface area contributed by atoms with Gasteiger partial charge in [-0.05, 0) is 85.7 Å². The molecule has 5 nitrogen and oxygen atoms in total. The van der Waals surface area contributed by atoms with Gasteiger partial charge in [-0.25, -0.2) is 8.42 Å². The number of nitrogens with zero attached hydrogens (tertiary/aromatic N) is 1. The quantitative estimate of drug-likeness (QED) is 0.502. The molecular weight excluding hydrogens is 456 g/mol. The van der Waals surface area contributed by atoms with Crippen LogP contribution in [0.2, 0.25) is 5.02 Å². The fourth-order valence-corrected chi connectivity index (χ4v) is 5.85. The van der Waals surface area contributed by atoms with Crippen molar-refractivity contribution in [2.24, 2.45) is 0 Å². The van der Waals surface area contributed by atoms with Crippen LogP contribution < -0.4 is 9.62 Å². The average molecular weight is 483 g/mol. The first-order valence-corrected chi connectivity index (χ1v) is 12.8. The number of fused-ring (bicyclic) bond motifs is 1. The van der Waals surface area contributed by atoms with Crippen LogP contribution in [0.5, 0.6) is 0 Å². The van der Waals surface area contributed by atoms with Crippen molar-refractivity contribution in [2.45, 2.75) is 44.0 Å². The topological polar surface area (TPSA) is 66.5 Å². The van der Waals surface area contributed by atoms with Gasteiger partial charge in [0.1, 0.15) is 6.54 Å². The van der Waals surface area contributed by atoms with Crippen LogP contribution in [0.1, 0.15) is 41.6 Å². The zero-order valence-electron chi connectivity index (χ0n) is 18.7. The Balaban J connectivity index is 1.59. The van der Waals surface area contributed by atoms with Crippen LogP contribution in [-0.4, -0.2) is 20.9 Å². The van der Waals surface area contributed by atoms with E-state index < -0.39 is 10.0 Å². The molecule has 0 saturated carbocycles. The van der Waals surface area contributed by atoms with Gasteiger partial charge in [0.2, 0.25) is 5.91 Å². The molecule has 1 N–H and O–H groups in total. The third-order valence-electron chi connectivity index (χ3n) is 6.07. The van der Waals surface area contributed by atoms with Crippen molar-refractivity contribution in [1.29, 1.82) is 0 Å². The predicted octanol–water partition coefficient (Wildman–Crippen LogP) is 5.21. The molecule has 0 radical (unpaired) electrons. The van der Waals surface area contributed by atoms with E-state index in [1.807, 2.05) is 32.0 Å². The monoisotopic (exact) mass is 482 g/mol. The molecule has 1 unspecified atom stereocenters. The summed E-state index contributed by atoms with van der Waals surface area (Å²) in [6.45, 7) is 3.41. The van der Waals surface area contributed by atoms with Crippen LogP contribution >= 0.6 is 11.6 Å². The number of benzene rings is 3. The Kier molecular flexibility index (Phi) is 6.77. The molecule has 172 valence electrons. The van der Waals surface area contributed by atoms with Crippen molar-refractivity contribution in [3.05, 3.63) is 94.0 Å². The maximum Gasteiger partial charge on any atom is 0.264 e. The molecule has 0 aromatic heterocycles. The fourth-order valence-electron chi connectivity index (χ4n) is 4.24. The average Bonchev–Trinajstić information content (AvgIpc) is 3.26. The number of hydrogen-bond acceptors (Lipinski definition) is 3. The highest BCUT2D eigenvalue weighted by atomic mass is 35.5. The van der Waals surface area contributed by atoms with E-state index in [0.29, 0.717) is 10.7 Å². The Bertz CT molecular complexity index is 1270. The molecule has 0 spiro atoms. The van der Waals surface area contributed by atoms with E-state index in [4.69, 9.17) is 11.6 Å². The van der Waals surface area contributed by atoms with E-state index in [2.05, 4.69) is 17.4 Å². The van der Waals surface area contributed by atoms with E-state index in [-0.39, 0.29) is 23.4 Å². The lowest BCUT2D eigenvalue weighted by Gasteiger charge is -2.26. The number of nitrogens with one attached hydrogen (secondary N) is 1. The van der Waals surface area contributed by atoms with Crippen LogP contribution in [0, 0.1) is 6.92 Å². The van der Waals surface area contributed by atoms with Gasteiger partial charge in [-0.3, -0.25) is 9.10 Å². The molecule has 1 aliphatic rings. The molecule has 3 aromatic carbocycles. The number of anilines is 1. The maximum absolute atomic E-state index is 13.5. The number of aryl methyl sites for hydroxylation is 3. The lowest BCUT2D eigenvalue weighted by Crippen LogP contribution is -2.41. The first-order chi connectivity index (χ1) is 15.8. The summed E-state index contributed by atoms with van der Waals surface area (Å²) in [6, 6.07) is 19.2. The number of hydrogen-bond donors (Lipinski definition) is 1. The highest BCUT2D eigenvalue weighted by Crippen LogP contribution is 2.28. The highest BCUT2D eigenvalue weighted by molar-refractivity contribution is 7.92. The summed E-state index contributed by atoms with van der Waals surface area (Å²) in [5, 5.41) is 3.42. The second-order valence-electron chi connectivity index (χ2n) is 8.42. The number of para-hydroxylation sites is 1. The zero-order valence-corrected chi connectivity index (χ0v) is 20.3. The summed E-state index contributed by atoms with van der Waals surface area (Å²) in [6.07, 6.45) is 3.32. The molecular formula is C26H27ClN2O3S. The summed E-state index contributed by atoms with van der Waals surface area (Å²) in [5.41, 5.74) is 4.95. The summed E-state index contributed by atoms with van der Waals surface area (Å²) in [4.78, 5) is 13.1. The van der Waals surface area contributed by atoms with Crippen LogP contribution in [-0.2, 0) is 27.7 Å². The van der Waals surface area contributed by atoms with Gasteiger partial charge in [0.05, 0.1) is 16.6 Å². The standard InChI is InChI=1S/C26H27ClN2O3S/c1-18-6-3-4-9-25(18)29(33(31,32)24-14-12-23(27)13-15-24)17-26(30)28-19(2)21-11-10-20-7-5-8-22(20)16-21/h3-4,6,9-16,19H,5,7-8,17H2,1-2H3,(H,28,30). The summed E-state index contributed by atoms with van der Waals surface area (Å²) in [7, 11) is -3.98. The molecule has 33 heavy (non-hydrogen) atoms. The van der Waals surface area contributed by atoms with Crippen LogP contribution in [0.15, 0.2) is 71.6 Å². The molecule has 0 fully saturated rings. The van der Waals surface area contributed by atoms with E-state index in [9.17, 15) is 13.2 Å². The SMILES string of the molecule is Cc1ccccc1N(CC(=O)NC(C)c1ccc2c(c1)CCC2)S(=O)(=O)c1ccc(Cl)cc1. The molecule has 0 saturated heterocycles. The van der Waals surface area contributed by atoms with Gasteiger partial charge in [-0.2, -0.15) is 0 Å². The van der Waals surface area contributed by atoms with Crippen molar-refractivity contribution in [3.63, 3.8) is 0 Å². The maximum atomic E-state index is 13.5. The summed E-state index contributed by atoms with van der Waals surface area (Å²) >= 11 is 5.95. The lowest BCUT2D eigenvalue weighted by molar-refractivity contribution is -0.120. The Morgan fingerprint density at radius 3 is 2.45 bits per heavy atom. The van der Waals surface area contributed by atoms with Crippen molar-refractivity contribution in [1.82, 2.24) is 5.32 Å². The summed E-state index contributed by atoms with van der Waals surface area (Å²) in [5.74, 6) is -0.371. The normalized spacial score (nSPS) is 13.9. The molecule has 1 atom stereocenters. The van der Waals surface area contributed by atoms with Crippen molar-refractivity contribution < 1.29 is 13.2 Å². The van der Waals surface area contributed by atoms with Gasteiger partial charge in [0.15, 0.2) is 0 Å². The minimum absolute atomic E-state index is 0.0784.